The second-order valence-corrected chi connectivity index (χ2v) is 5.05. The zero-order valence-corrected chi connectivity index (χ0v) is 11.2. The summed E-state index contributed by atoms with van der Waals surface area (Å²) in [5.41, 5.74) is 1.45. The minimum Gasteiger partial charge on any atom is -0.381 e. The van der Waals surface area contributed by atoms with Gasteiger partial charge in [0.15, 0.2) is 0 Å². The first-order valence-electron chi connectivity index (χ1n) is 6.85. The molecular formula is C15H22FNO. The van der Waals surface area contributed by atoms with Gasteiger partial charge in [-0.15, -0.1) is 0 Å². The molecule has 2 nitrogen and oxygen atoms in total. The molecule has 0 aliphatic carbocycles. The van der Waals surface area contributed by atoms with E-state index >= 15 is 0 Å². The van der Waals surface area contributed by atoms with Crippen molar-refractivity contribution < 1.29 is 9.13 Å². The van der Waals surface area contributed by atoms with E-state index in [1.54, 1.807) is 0 Å². The molecule has 0 bridgehead atoms. The molecule has 18 heavy (non-hydrogen) atoms. The molecule has 100 valence electrons. The molecule has 1 unspecified atom stereocenters. The zero-order chi connectivity index (χ0) is 13.0. The molecule has 0 amide bonds. The average molecular weight is 251 g/mol. The number of rotatable bonds is 4. The second kappa shape index (κ2) is 6.19. The Bertz CT molecular complexity index is 388. The molecule has 1 atom stereocenters. The summed E-state index contributed by atoms with van der Waals surface area (Å²) < 4.78 is 19.7. The van der Waals surface area contributed by atoms with Gasteiger partial charge in [-0.3, -0.25) is 0 Å². The first-order valence-corrected chi connectivity index (χ1v) is 6.85. The van der Waals surface area contributed by atoms with Crippen molar-refractivity contribution in [2.45, 2.75) is 45.1 Å². The quantitative estimate of drug-likeness (QED) is 0.875. The van der Waals surface area contributed by atoms with Crippen LogP contribution in [-0.4, -0.2) is 19.3 Å². The van der Waals surface area contributed by atoms with Crippen LogP contribution in [0.4, 0.5) is 10.1 Å². The number of hydrogen-bond donors (Lipinski definition) is 1. The topological polar surface area (TPSA) is 21.3 Å². The summed E-state index contributed by atoms with van der Waals surface area (Å²) in [7, 11) is 0. The molecule has 1 heterocycles. The largest absolute Gasteiger partial charge is 0.381 e. The molecule has 1 saturated heterocycles. The van der Waals surface area contributed by atoms with Crippen molar-refractivity contribution in [1.29, 1.82) is 0 Å². The molecule has 1 fully saturated rings. The van der Waals surface area contributed by atoms with Crippen molar-refractivity contribution in [2.75, 3.05) is 18.5 Å². The summed E-state index contributed by atoms with van der Waals surface area (Å²) in [4.78, 5) is 0. The number of anilines is 1. The molecule has 0 radical (unpaired) electrons. The Labute approximate surface area is 109 Å². The van der Waals surface area contributed by atoms with Crippen LogP contribution < -0.4 is 5.32 Å². The van der Waals surface area contributed by atoms with Crippen molar-refractivity contribution in [3.63, 3.8) is 0 Å². The maximum absolute atomic E-state index is 14.4. The van der Waals surface area contributed by atoms with Gasteiger partial charge in [0.1, 0.15) is 5.82 Å². The molecule has 0 aromatic heterocycles. The number of hydrogen-bond acceptors (Lipinski definition) is 2. The third-order valence-electron chi connectivity index (χ3n) is 3.75. The number of nitrogens with one attached hydrogen (secondary N) is 1. The van der Waals surface area contributed by atoms with Crippen LogP contribution in [0.5, 0.6) is 0 Å². The average Bonchev–Trinajstić information content (AvgIpc) is 2.41. The highest BCUT2D eigenvalue weighted by Gasteiger charge is 2.17. The van der Waals surface area contributed by atoms with Crippen LogP contribution in [0.2, 0.25) is 0 Å². The van der Waals surface area contributed by atoms with Crippen LogP contribution in [0.25, 0.3) is 0 Å². The van der Waals surface area contributed by atoms with Gasteiger partial charge in [-0.1, -0.05) is 26.0 Å². The number of ether oxygens (including phenoxy) is 1. The van der Waals surface area contributed by atoms with Crippen molar-refractivity contribution in [3.8, 4) is 0 Å². The molecule has 1 aliphatic rings. The van der Waals surface area contributed by atoms with Gasteiger partial charge >= 0.3 is 0 Å². The van der Waals surface area contributed by atoms with Crippen molar-refractivity contribution in [1.82, 2.24) is 0 Å². The molecule has 1 aromatic rings. The Balaban J connectivity index is 2.12. The van der Waals surface area contributed by atoms with E-state index in [0.717, 1.165) is 38.0 Å². The normalized spacial score (nSPS) is 18.6. The van der Waals surface area contributed by atoms with Crippen LogP contribution in [0.3, 0.4) is 0 Å². The Morgan fingerprint density at radius 1 is 1.39 bits per heavy atom. The Morgan fingerprint density at radius 3 is 2.78 bits per heavy atom. The third-order valence-corrected chi connectivity index (χ3v) is 3.75. The molecule has 3 heteroatoms. The predicted molar refractivity (Wildman–Crippen MR) is 72.6 cm³/mol. The molecule has 2 rings (SSSR count). The van der Waals surface area contributed by atoms with Crippen molar-refractivity contribution in [2.24, 2.45) is 0 Å². The molecule has 0 saturated carbocycles. The van der Waals surface area contributed by atoms with Gasteiger partial charge in [0.25, 0.3) is 0 Å². The summed E-state index contributed by atoms with van der Waals surface area (Å²) in [5.74, 6) is 0.180. The van der Waals surface area contributed by atoms with E-state index in [-0.39, 0.29) is 11.7 Å². The van der Waals surface area contributed by atoms with Gasteiger partial charge in [0.2, 0.25) is 0 Å². The second-order valence-electron chi connectivity index (χ2n) is 5.05. The van der Waals surface area contributed by atoms with Gasteiger partial charge < -0.3 is 10.1 Å². The first-order chi connectivity index (χ1) is 8.72. The fraction of sp³-hybridized carbons (Fsp3) is 0.600. The molecule has 0 spiro atoms. The van der Waals surface area contributed by atoms with Crippen LogP contribution in [0.1, 0.15) is 44.6 Å². The van der Waals surface area contributed by atoms with E-state index in [2.05, 4.69) is 19.2 Å². The minimum absolute atomic E-state index is 0.0849. The summed E-state index contributed by atoms with van der Waals surface area (Å²) in [5, 5.41) is 3.31. The van der Waals surface area contributed by atoms with Gasteiger partial charge in [-0.25, -0.2) is 4.39 Å². The van der Waals surface area contributed by atoms with E-state index in [4.69, 9.17) is 4.74 Å². The molecular weight excluding hydrogens is 229 g/mol. The summed E-state index contributed by atoms with van der Waals surface area (Å²) >= 11 is 0. The first kappa shape index (κ1) is 13.3. The lowest BCUT2D eigenvalue weighted by Crippen LogP contribution is -2.28. The van der Waals surface area contributed by atoms with E-state index in [1.807, 2.05) is 18.2 Å². The Morgan fingerprint density at radius 2 is 2.11 bits per heavy atom. The fourth-order valence-electron chi connectivity index (χ4n) is 2.32. The number of halogens is 1. The van der Waals surface area contributed by atoms with Crippen LogP contribution in [0, 0.1) is 5.82 Å². The van der Waals surface area contributed by atoms with Crippen LogP contribution in [0.15, 0.2) is 18.2 Å². The standard InChI is InChI=1S/C15H22FNO/c1-3-11(2)13-5-4-6-14(15(13)16)17-12-7-9-18-10-8-12/h4-6,11-12,17H,3,7-10H2,1-2H3. The maximum atomic E-state index is 14.4. The summed E-state index contributed by atoms with van der Waals surface area (Å²) in [6.07, 6.45) is 2.86. The number of benzene rings is 1. The Kier molecular flexibility index (Phi) is 4.59. The smallest absolute Gasteiger partial charge is 0.149 e. The highest BCUT2D eigenvalue weighted by Crippen LogP contribution is 2.27. The van der Waals surface area contributed by atoms with E-state index in [9.17, 15) is 4.39 Å². The lowest BCUT2D eigenvalue weighted by Gasteiger charge is -2.25. The minimum atomic E-state index is -0.0849. The highest BCUT2D eigenvalue weighted by molar-refractivity contribution is 5.49. The van der Waals surface area contributed by atoms with Gasteiger partial charge in [-0.2, -0.15) is 0 Å². The van der Waals surface area contributed by atoms with Gasteiger partial charge in [0, 0.05) is 19.3 Å². The van der Waals surface area contributed by atoms with Crippen molar-refractivity contribution in [3.05, 3.63) is 29.6 Å². The van der Waals surface area contributed by atoms with Crippen LogP contribution in [-0.2, 0) is 4.74 Å². The molecule has 1 aliphatic heterocycles. The lowest BCUT2D eigenvalue weighted by atomic mass is 9.97. The third kappa shape index (κ3) is 3.02. The lowest BCUT2D eigenvalue weighted by molar-refractivity contribution is 0.0904. The van der Waals surface area contributed by atoms with E-state index < -0.39 is 0 Å². The Hall–Kier alpha value is -1.09. The summed E-state index contributed by atoms with van der Waals surface area (Å²) in [6.45, 7) is 5.69. The predicted octanol–water partition coefficient (Wildman–Crippen LogP) is 3.93. The fourth-order valence-corrected chi connectivity index (χ4v) is 2.32. The van der Waals surface area contributed by atoms with Gasteiger partial charge in [-0.05, 0) is 36.8 Å². The van der Waals surface area contributed by atoms with E-state index in [0.29, 0.717) is 11.7 Å². The van der Waals surface area contributed by atoms with Crippen LogP contribution >= 0.6 is 0 Å². The SMILES string of the molecule is CCC(C)c1cccc(NC2CCOCC2)c1F. The highest BCUT2D eigenvalue weighted by atomic mass is 19.1. The monoisotopic (exact) mass is 251 g/mol. The van der Waals surface area contributed by atoms with Crippen molar-refractivity contribution >= 4 is 5.69 Å². The van der Waals surface area contributed by atoms with E-state index in [1.165, 1.54) is 0 Å². The maximum Gasteiger partial charge on any atom is 0.149 e. The molecule has 1 aromatic carbocycles. The summed E-state index contributed by atoms with van der Waals surface area (Å²) in [6, 6.07) is 5.99. The van der Waals surface area contributed by atoms with Gasteiger partial charge in [0.05, 0.1) is 5.69 Å². The molecule has 1 N–H and O–H groups in total. The zero-order valence-electron chi connectivity index (χ0n) is 11.2.